The zero-order valence-electron chi connectivity index (χ0n) is 9.75. The van der Waals surface area contributed by atoms with Gasteiger partial charge in [-0.25, -0.2) is 4.68 Å². The monoisotopic (exact) mass is 238 g/mol. The van der Waals surface area contributed by atoms with Crippen LogP contribution in [0.2, 0.25) is 0 Å². The Morgan fingerprint density at radius 3 is 3.00 bits per heavy atom. The second kappa shape index (κ2) is 5.77. The van der Waals surface area contributed by atoms with Crippen molar-refractivity contribution in [3.63, 3.8) is 0 Å². The lowest BCUT2D eigenvalue weighted by molar-refractivity contribution is -0.122. The topological polar surface area (TPSA) is 80.0 Å². The zero-order valence-corrected chi connectivity index (χ0v) is 9.75. The van der Waals surface area contributed by atoms with E-state index in [1.165, 1.54) is 10.9 Å². The van der Waals surface area contributed by atoms with Gasteiger partial charge in [0.05, 0.1) is 12.3 Å². The van der Waals surface area contributed by atoms with Gasteiger partial charge in [0.25, 0.3) is 0 Å². The second-order valence-electron chi connectivity index (χ2n) is 4.52. The number of aliphatic hydroxyl groups is 1. The molecular formula is C11H18N4O2. The van der Waals surface area contributed by atoms with Crippen LogP contribution < -0.4 is 5.32 Å². The summed E-state index contributed by atoms with van der Waals surface area (Å²) < 4.78 is 1.48. The number of hydrogen-bond donors (Lipinski definition) is 2. The number of hydrogen-bond acceptors (Lipinski definition) is 4. The summed E-state index contributed by atoms with van der Waals surface area (Å²) in [5.41, 5.74) is 0. The number of aromatic nitrogens is 3. The molecule has 94 valence electrons. The Labute approximate surface area is 100 Å². The summed E-state index contributed by atoms with van der Waals surface area (Å²) in [4.78, 5) is 11.6. The fourth-order valence-electron chi connectivity index (χ4n) is 2.19. The summed E-state index contributed by atoms with van der Waals surface area (Å²) >= 11 is 0. The first-order valence-electron chi connectivity index (χ1n) is 6.04. The fourth-order valence-corrected chi connectivity index (χ4v) is 2.19. The molecule has 1 amide bonds. The van der Waals surface area contributed by atoms with Gasteiger partial charge in [0.2, 0.25) is 5.91 Å². The predicted octanol–water partition coefficient (Wildman–Crippen LogP) is -0.0546. The van der Waals surface area contributed by atoms with Gasteiger partial charge in [0.15, 0.2) is 0 Å². The third kappa shape index (κ3) is 3.52. The third-order valence-corrected chi connectivity index (χ3v) is 3.21. The van der Waals surface area contributed by atoms with Gasteiger partial charge in [0.1, 0.15) is 6.54 Å². The maximum absolute atomic E-state index is 11.6. The van der Waals surface area contributed by atoms with Crippen LogP contribution in [0.4, 0.5) is 0 Å². The number of aliphatic hydroxyl groups excluding tert-OH is 1. The van der Waals surface area contributed by atoms with Gasteiger partial charge < -0.3 is 10.4 Å². The lowest BCUT2D eigenvalue weighted by atomic mass is 9.86. The molecule has 0 bridgehead atoms. The molecule has 0 radical (unpaired) electrons. The van der Waals surface area contributed by atoms with Crippen LogP contribution in [0.15, 0.2) is 12.4 Å². The van der Waals surface area contributed by atoms with Gasteiger partial charge >= 0.3 is 0 Å². The molecule has 2 atom stereocenters. The van der Waals surface area contributed by atoms with E-state index in [0.29, 0.717) is 6.54 Å². The quantitative estimate of drug-likeness (QED) is 0.770. The highest BCUT2D eigenvalue weighted by atomic mass is 16.3. The molecule has 1 fully saturated rings. The van der Waals surface area contributed by atoms with Crippen molar-refractivity contribution in [2.75, 3.05) is 6.54 Å². The zero-order chi connectivity index (χ0) is 12.1. The summed E-state index contributed by atoms with van der Waals surface area (Å²) in [6.45, 7) is 0.734. The summed E-state index contributed by atoms with van der Waals surface area (Å²) in [6, 6.07) is 0. The lowest BCUT2D eigenvalue weighted by Crippen LogP contribution is -2.38. The number of nitrogens with zero attached hydrogens (tertiary/aromatic N) is 3. The predicted molar refractivity (Wildman–Crippen MR) is 61.0 cm³/mol. The highest BCUT2D eigenvalue weighted by Gasteiger charge is 2.23. The standard InChI is InChI=1S/C11H18N4O2/c16-10-4-2-1-3-9(10)7-12-11(17)8-15-6-5-13-14-15/h5-6,9-10,16H,1-4,7-8H2,(H,12,17). The first kappa shape index (κ1) is 12.0. The van der Waals surface area contributed by atoms with Crippen molar-refractivity contribution in [3.8, 4) is 0 Å². The van der Waals surface area contributed by atoms with Gasteiger partial charge in [-0.2, -0.15) is 0 Å². The molecule has 17 heavy (non-hydrogen) atoms. The van der Waals surface area contributed by atoms with E-state index in [2.05, 4.69) is 15.6 Å². The van der Waals surface area contributed by atoms with Crippen LogP contribution in [-0.2, 0) is 11.3 Å². The number of amides is 1. The minimum atomic E-state index is -0.268. The van der Waals surface area contributed by atoms with Gasteiger partial charge in [-0.1, -0.05) is 18.1 Å². The molecule has 1 aliphatic rings. The average Bonchev–Trinajstić information content (AvgIpc) is 2.81. The van der Waals surface area contributed by atoms with Crippen molar-refractivity contribution in [1.82, 2.24) is 20.3 Å². The SMILES string of the molecule is O=C(Cn1ccnn1)NCC1CCCCC1O. The van der Waals surface area contributed by atoms with E-state index in [4.69, 9.17) is 0 Å². The van der Waals surface area contributed by atoms with Gasteiger partial charge in [0, 0.05) is 18.7 Å². The molecule has 0 aromatic carbocycles. The Balaban J connectivity index is 1.72. The molecule has 2 unspecified atom stereocenters. The van der Waals surface area contributed by atoms with Crippen molar-refractivity contribution in [2.45, 2.75) is 38.3 Å². The molecule has 0 saturated heterocycles. The van der Waals surface area contributed by atoms with Crippen LogP contribution in [0.5, 0.6) is 0 Å². The van der Waals surface area contributed by atoms with Crippen LogP contribution in [0.3, 0.4) is 0 Å². The fraction of sp³-hybridized carbons (Fsp3) is 0.727. The average molecular weight is 238 g/mol. The minimum absolute atomic E-state index is 0.0896. The van der Waals surface area contributed by atoms with Gasteiger partial charge in [-0.3, -0.25) is 4.79 Å². The van der Waals surface area contributed by atoms with E-state index in [9.17, 15) is 9.90 Å². The summed E-state index contributed by atoms with van der Waals surface area (Å²) in [5.74, 6) is 0.108. The summed E-state index contributed by atoms with van der Waals surface area (Å²) in [6.07, 6.45) is 6.99. The van der Waals surface area contributed by atoms with Gasteiger partial charge in [-0.05, 0) is 12.8 Å². The maximum atomic E-state index is 11.6. The van der Waals surface area contributed by atoms with Crippen molar-refractivity contribution in [3.05, 3.63) is 12.4 Å². The van der Waals surface area contributed by atoms with Crippen LogP contribution in [0, 0.1) is 5.92 Å². The Bertz CT molecular complexity index is 352. The Hall–Kier alpha value is -1.43. The molecule has 6 nitrogen and oxygen atoms in total. The molecule has 1 aromatic rings. The number of carbonyl (C=O) groups excluding carboxylic acids is 1. The summed E-state index contributed by atoms with van der Waals surface area (Å²) in [5, 5.41) is 19.9. The van der Waals surface area contributed by atoms with Crippen LogP contribution >= 0.6 is 0 Å². The van der Waals surface area contributed by atoms with E-state index in [-0.39, 0.29) is 24.5 Å². The third-order valence-electron chi connectivity index (χ3n) is 3.21. The molecule has 2 rings (SSSR count). The Morgan fingerprint density at radius 1 is 1.47 bits per heavy atom. The Kier molecular flexibility index (Phi) is 4.08. The Morgan fingerprint density at radius 2 is 2.29 bits per heavy atom. The first-order valence-corrected chi connectivity index (χ1v) is 6.04. The molecule has 0 aliphatic heterocycles. The van der Waals surface area contributed by atoms with E-state index in [0.717, 1.165) is 25.7 Å². The number of carbonyl (C=O) groups is 1. The molecule has 0 spiro atoms. The highest BCUT2D eigenvalue weighted by molar-refractivity contribution is 5.75. The van der Waals surface area contributed by atoms with E-state index >= 15 is 0 Å². The highest BCUT2D eigenvalue weighted by Crippen LogP contribution is 2.23. The van der Waals surface area contributed by atoms with Crippen molar-refractivity contribution in [2.24, 2.45) is 5.92 Å². The van der Waals surface area contributed by atoms with E-state index in [1.54, 1.807) is 6.20 Å². The smallest absolute Gasteiger partial charge is 0.241 e. The summed E-state index contributed by atoms with van der Waals surface area (Å²) in [7, 11) is 0. The van der Waals surface area contributed by atoms with Crippen molar-refractivity contribution < 1.29 is 9.90 Å². The molecule has 6 heteroatoms. The molecule has 2 N–H and O–H groups in total. The minimum Gasteiger partial charge on any atom is -0.393 e. The van der Waals surface area contributed by atoms with E-state index < -0.39 is 0 Å². The molecule has 1 heterocycles. The van der Waals surface area contributed by atoms with Crippen LogP contribution in [-0.4, -0.2) is 38.7 Å². The first-order chi connectivity index (χ1) is 8.25. The second-order valence-corrected chi connectivity index (χ2v) is 4.52. The molecule has 1 aromatic heterocycles. The molecule has 1 aliphatic carbocycles. The largest absolute Gasteiger partial charge is 0.393 e. The number of nitrogens with one attached hydrogen (secondary N) is 1. The number of rotatable bonds is 4. The van der Waals surface area contributed by atoms with Crippen LogP contribution in [0.1, 0.15) is 25.7 Å². The molecule has 1 saturated carbocycles. The maximum Gasteiger partial charge on any atom is 0.241 e. The van der Waals surface area contributed by atoms with Crippen molar-refractivity contribution >= 4 is 5.91 Å². The molecular weight excluding hydrogens is 220 g/mol. The van der Waals surface area contributed by atoms with E-state index in [1.807, 2.05) is 0 Å². The normalized spacial score (nSPS) is 24.5. The van der Waals surface area contributed by atoms with Crippen LogP contribution in [0.25, 0.3) is 0 Å². The van der Waals surface area contributed by atoms with Gasteiger partial charge in [-0.15, -0.1) is 5.10 Å². The lowest BCUT2D eigenvalue weighted by Gasteiger charge is -2.27. The van der Waals surface area contributed by atoms with Crippen molar-refractivity contribution in [1.29, 1.82) is 0 Å².